The number of amides is 1. The van der Waals surface area contributed by atoms with Crippen LogP contribution in [0, 0.1) is 0 Å². The molecule has 3 aromatic carbocycles. The molecular weight excluding hydrogens is 392 g/mol. The molecule has 6 nitrogen and oxygen atoms in total. The number of ether oxygens (including phenoxy) is 1. The minimum Gasteiger partial charge on any atom is -0.422 e. The predicted molar refractivity (Wildman–Crippen MR) is 110 cm³/mol. The summed E-state index contributed by atoms with van der Waals surface area (Å²) in [5.41, 5.74) is 3.55. The lowest BCUT2D eigenvalue weighted by atomic mass is 10.1. The number of hydrogen-bond acceptors (Lipinski definition) is 5. The number of benzene rings is 3. The van der Waals surface area contributed by atoms with Gasteiger partial charge in [-0.05, 0) is 42.0 Å². The zero-order valence-corrected chi connectivity index (χ0v) is 15.9. The molecule has 2 N–H and O–H groups in total. The van der Waals surface area contributed by atoms with Crippen LogP contribution in [0.3, 0.4) is 0 Å². The molecule has 1 amide bonds. The topological polar surface area (TPSA) is 88.0 Å². The highest BCUT2D eigenvalue weighted by atomic mass is 35.5. The smallest absolute Gasteiger partial charge is 0.343 e. The Balaban J connectivity index is 1.66. The Morgan fingerprint density at radius 1 is 0.966 bits per heavy atom. The molecule has 0 aliphatic carbocycles. The fraction of sp³-hybridized carbons (Fsp3) is 0.0455. The first-order chi connectivity index (χ1) is 14.0. The molecule has 0 heterocycles. The van der Waals surface area contributed by atoms with E-state index >= 15 is 0 Å². The second-order valence-corrected chi connectivity index (χ2v) is 6.42. The van der Waals surface area contributed by atoms with Gasteiger partial charge in [-0.1, -0.05) is 54.1 Å². The Hall–Kier alpha value is -3.48. The average Bonchev–Trinajstić information content (AvgIpc) is 2.75. The summed E-state index contributed by atoms with van der Waals surface area (Å²) in [6.45, 7) is 0. The molecule has 0 aliphatic heterocycles. The SMILES string of the molecule is O=C(Oc1ccccc1C=NNC(=O)C(O)c1ccccc1)c1ccc(Cl)cc1. The molecule has 0 spiro atoms. The van der Waals surface area contributed by atoms with Gasteiger partial charge in [-0.15, -0.1) is 0 Å². The van der Waals surface area contributed by atoms with Crippen molar-refractivity contribution in [3.8, 4) is 5.75 Å². The Morgan fingerprint density at radius 3 is 2.34 bits per heavy atom. The number of esters is 1. The van der Waals surface area contributed by atoms with Crippen molar-refractivity contribution in [2.24, 2.45) is 5.10 Å². The van der Waals surface area contributed by atoms with E-state index in [-0.39, 0.29) is 5.75 Å². The van der Waals surface area contributed by atoms with Gasteiger partial charge in [0.1, 0.15) is 5.75 Å². The van der Waals surface area contributed by atoms with E-state index in [2.05, 4.69) is 10.5 Å². The van der Waals surface area contributed by atoms with Crippen molar-refractivity contribution in [1.29, 1.82) is 0 Å². The number of hydrazone groups is 1. The van der Waals surface area contributed by atoms with Gasteiger partial charge in [0.05, 0.1) is 11.8 Å². The first-order valence-corrected chi connectivity index (χ1v) is 9.05. The maximum absolute atomic E-state index is 12.3. The quantitative estimate of drug-likeness (QED) is 0.281. The molecule has 0 saturated heterocycles. The minimum atomic E-state index is -1.34. The van der Waals surface area contributed by atoms with Crippen LogP contribution >= 0.6 is 11.6 Å². The van der Waals surface area contributed by atoms with Gasteiger partial charge in [0.15, 0.2) is 6.10 Å². The van der Waals surface area contributed by atoms with E-state index in [4.69, 9.17) is 16.3 Å². The van der Waals surface area contributed by atoms with E-state index < -0.39 is 18.0 Å². The number of aliphatic hydroxyl groups excluding tert-OH is 1. The number of nitrogens with one attached hydrogen (secondary N) is 1. The number of nitrogens with zero attached hydrogens (tertiary/aromatic N) is 1. The van der Waals surface area contributed by atoms with Gasteiger partial charge in [-0.25, -0.2) is 10.2 Å². The van der Waals surface area contributed by atoms with Crippen molar-refractivity contribution in [3.63, 3.8) is 0 Å². The fourth-order valence-electron chi connectivity index (χ4n) is 2.44. The number of rotatable bonds is 6. The molecule has 3 aromatic rings. The van der Waals surface area contributed by atoms with Crippen molar-refractivity contribution < 1.29 is 19.4 Å². The summed E-state index contributed by atoms with van der Waals surface area (Å²) in [7, 11) is 0. The van der Waals surface area contributed by atoms with Crippen LogP contribution in [0.1, 0.15) is 27.6 Å². The zero-order chi connectivity index (χ0) is 20.6. The highest BCUT2D eigenvalue weighted by molar-refractivity contribution is 6.30. The Morgan fingerprint density at radius 2 is 1.62 bits per heavy atom. The zero-order valence-electron chi connectivity index (χ0n) is 15.2. The number of halogens is 1. The fourth-order valence-corrected chi connectivity index (χ4v) is 2.56. The van der Waals surface area contributed by atoms with Crippen LogP contribution < -0.4 is 10.2 Å². The average molecular weight is 409 g/mol. The lowest BCUT2D eigenvalue weighted by Crippen LogP contribution is -2.25. The van der Waals surface area contributed by atoms with Crippen molar-refractivity contribution >= 4 is 29.7 Å². The van der Waals surface area contributed by atoms with Gasteiger partial charge in [0, 0.05) is 10.6 Å². The highest BCUT2D eigenvalue weighted by Gasteiger charge is 2.16. The van der Waals surface area contributed by atoms with Gasteiger partial charge in [-0.2, -0.15) is 5.10 Å². The highest BCUT2D eigenvalue weighted by Crippen LogP contribution is 2.19. The summed E-state index contributed by atoms with van der Waals surface area (Å²) in [6.07, 6.45) is -0.00794. The first-order valence-electron chi connectivity index (χ1n) is 8.67. The van der Waals surface area contributed by atoms with E-state index in [0.717, 1.165) is 0 Å². The van der Waals surface area contributed by atoms with Crippen LogP contribution in [0.5, 0.6) is 5.75 Å². The predicted octanol–water partition coefficient (Wildman–Crippen LogP) is 3.74. The van der Waals surface area contributed by atoms with Crippen LogP contribution in [-0.2, 0) is 4.79 Å². The molecule has 0 bridgehead atoms. The second-order valence-electron chi connectivity index (χ2n) is 5.98. The van der Waals surface area contributed by atoms with E-state index in [9.17, 15) is 14.7 Å². The molecule has 0 fully saturated rings. The third-order valence-corrected chi connectivity index (χ3v) is 4.20. The molecule has 3 rings (SSSR count). The van der Waals surface area contributed by atoms with Gasteiger partial charge in [0.2, 0.25) is 0 Å². The van der Waals surface area contributed by atoms with Crippen LogP contribution in [0.25, 0.3) is 0 Å². The molecule has 0 aromatic heterocycles. The molecule has 0 radical (unpaired) electrons. The lowest BCUT2D eigenvalue weighted by molar-refractivity contribution is -0.129. The van der Waals surface area contributed by atoms with Crippen LogP contribution in [0.4, 0.5) is 0 Å². The van der Waals surface area contributed by atoms with Gasteiger partial charge < -0.3 is 9.84 Å². The summed E-state index contributed by atoms with van der Waals surface area (Å²) >= 11 is 5.82. The molecule has 29 heavy (non-hydrogen) atoms. The molecule has 146 valence electrons. The summed E-state index contributed by atoms with van der Waals surface area (Å²) in [5, 5.41) is 14.4. The van der Waals surface area contributed by atoms with Crippen LogP contribution in [-0.4, -0.2) is 23.2 Å². The van der Waals surface area contributed by atoms with Crippen molar-refractivity contribution in [3.05, 3.63) is 101 Å². The van der Waals surface area contributed by atoms with E-state index in [1.165, 1.54) is 6.21 Å². The minimum absolute atomic E-state index is 0.272. The third-order valence-electron chi connectivity index (χ3n) is 3.94. The largest absolute Gasteiger partial charge is 0.422 e. The molecule has 0 saturated carbocycles. The van der Waals surface area contributed by atoms with Gasteiger partial charge >= 0.3 is 5.97 Å². The summed E-state index contributed by atoms with van der Waals surface area (Å²) in [4.78, 5) is 24.3. The maximum Gasteiger partial charge on any atom is 0.343 e. The van der Waals surface area contributed by atoms with E-state index in [1.54, 1.807) is 78.9 Å². The molecule has 1 atom stereocenters. The third kappa shape index (κ3) is 5.51. The van der Waals surface area contributed by atoms with E-state index in [0.29, 0.717) is 21.7 Å². The first kappa shape index (κ1) is 20.3. The molecule has 0 aliphatic rings. The van der Waals surface area contributed by atoms with Crippen molar-refractivity contribution in [2.75, 3.05) is 0 Å². The number of hydrogen-bond donors (Lipinski definition) is 2. The van der Waals surface area contributed by atoms with Gasteiger partial charge in [0.25, 0.3) is 5.91 Å². The molecular formula is C22H17ClN2O4. The van der Waals surface area contributed by atoms with Crippen LogP contribution in [0.15, 0.2) is 84.0 Å². The summed E-state index contributed by atoms with van der Waals surface area (Å²) in [6, 6.07) is 21.6. The Labute approximate surface area is 172 Å². The van der Waals surface area contributed by atoms with Crippen molar-refractivity contribution in [1.82, 2.24) is 5.43 Å². The summed E-state index contributed by atoms with van der Waals surface area (Å²) in [5.74, 6) is -0.955. The Bertz CT molecular complexity index is 1020. The molecule has 1 unspecified atom stereocenters. The Kier molecular flexibility index (Phi) is 6.73. The van der Waals surface area contributed by atoms with Crippen LogP contribution in [0.2, 0.25) is 5.02 Å². The standard InChI is InChI=1S/C22H17ClN2O4/c23-18-12-10-16(11-13-18)22(28)29-19-9-5-4-8-17(19)14-24-25-21(27)20(26)15-6-2-1-3-7-15/h1-14,20,26H,(H,25,27). The number of carbonyl (C=O) groups is 2. The van der Waals surface area contributed by atoms with Gasteiger partial charge in [-0.3, -0.25) is 4.79 Å². The second kappa shape index (κ2) is 9.64. The maximum atomic E-state index is 12.3. The lowest BCUT2D eigenvalue weighted by Gasteiger charge is -2.09. The monoisotopic (exact) mass is 408 g/mol. The molecule has 7 heteroatoms. The normalized spacial score (nSPS) is 11.8. The van der Waals surface area contributed by atoms with E-state index in [1.807, 2.05) is 0 Å². The number of para-hydroxylation sites is 1. The number of aliphatic hydroxyl groups is 1. The summed E-state index contributed by atoms with van der Waals surface area (Å²) < 4.78 is 5.41. The number of carbonyl (C=O) groups excluding carboxylic acids is 2. The van der Waals surface area contributed by atoms with Crippen molar-refractivity contribution in [2.45, 2.75) is 6.10 Å².